The lowest BCUT2D eigenvalue weighted by atomic mass is 10.2. The fourth-order valence-electron chi connectivity index (χ4n) is 3.18. The van der Waals surface area contributed by atoms with Gasteiger partial charge in [-0.2, -0.15) is 4.98 Å². The van der Waals surface area contributed by atoms with E-state index in [0.29, 0.717) is 31.0 Å². The van der Waals surface area contributed by atoms with E-state index in [1.807, 2.05) is 48.5 Å². The predicted octanol–water partition coefficient (Wildman–Crippen LogP) is 4.55. The van der Waals surface area contributed by atoms with E-state index in [-0.39, 0.29) is 5.91 Å². The molecule has 7 nitrogen and oxygen atoms in total. The molecule has 0 bridgehead atoms. The van der Waals surface area contributed by atoms with Crippen molar-refractivity contribution >= 4 is 17.3 Å². The lowest BCUT2D eigenvalue weighted by Crippen LogP contribution is -2.21. The number of aryl methyl sites for hydroxylation is 1. The van der Waals surface area contributed by atoms with E-state index < -0.39 is 0 Å². The zero-order chi connectivity index (χ0) is 21.3. The van der Waals surface area contributed by atoms with Gasteiger partial charge in [-0.15, -0.1) is 0 Å². The summed E-state index contributed by atoms with van der Waals surface area (Å²) in [4.78, 5) is 18.9. The number of nitrogens with one attached hydrogen (secondary N) is 1. The highest BCUT2D eigenvalue weighted by atomic mass is 16.5. The summed E-state index contributed by atoms with van der Waals surface area (Å²) >= 11 is 0. The van der Waals surface area contributed by atoms with Crippen molar-refractivity contribution < 1.29 is 14.1 Å². The first kappa shape index (κ1) is 21.4. The topological polar surface area (TPSA) is 80.5 Å². The molecule has 2 aromatic carbocycles. The number of hydrogen-bond acceptors (Lipinski definition) is 6. The van der Waals surface area contributed by atoms with Crippen LogP contribution in [0.4, 0.5) is 11.4 Å². The molecule has 1 heterocycles. The van der Waals surface area contributed by atoms with E-state index in [0.717, 1.165) is 35.8 Å². The van der Waals surface area contributed by atoms with E-state index in [1.165, 1.54) is 0 Å². The van der Waals surface area contributed by atoms with Gasteiger partial charge in [-0.3, -0.25) is 4.79 Å². The molecule has 0 aliphatic heterocycles. The molecule has 7 heteroatoms. The standard InChI is InChI=1S/C23H28N4O3/c1-4-27(5-2)19-13-11-18(12-14-19)24-21(28)7-6-8-22-25-23(26-30-22)17-9-15-20(29-3)16-10-17/h9-16H,4-8H2,1-3H3,(H,24,28). The zero-order valence-electron chi connectivity index (χ0n) is 17.7. The molecule has 0 spiro atoms. The number of carbonyl (C=O) groups excluding carboxylic acids is 1. The Bertz CT molecular complexity index is 932. The third-order valence-electron chi connectivity index (χ3n) is 4.89. The molecule has 0 atom stereocenters. The van der Waals surface area contributed by atoms with Crippen molar-refractivity contribution in [3.63, 3.8) is 0 Å². The maximum Gasteiger partial charge on any atom is 0.226 e. The summed E-state index contributed by atoms with van der Waals surface area (Å²) in [5.74, 6) is 1.80. The summed E-state index contributed by atoms with van der Waals surface area (Å²) in [7, 11) is 1.62. The Morgan fingerprint density at radius 3 is 2.40 bits per heavy atom. The van der Waals surface area contributed by atoms with Gasteiger partial charge in [0.05, 0.1) is 7.11 Å². The van der Waals surface area contributed by atoms with Crippen LogP contribution in [-0.4, -0.2) is 36.2 Å². The van der Waals surface area contributed by atoms with Gasteiger partial charge >= 0.3 is 0 Å². The number of nitrogens with zero attached hydrogens (tertiary/aromatic N) is 3. The molecule has 1 N–H and O–H groups in total. The largest absolute Gasteiger partial charge is 0.497 e. The molecule has 0 fully saturated rings. The second kappa shape index (κ2) is 10.4. The molecule has 1 aromatic heterocycles. The third-order valence-corrected chi connectivity index (χ3v) is 4.89. The zero-order valence-corrected chi connectivity index (χ0v) is 17.7. The van der Waals surface area contributed by atoms with Gasteiger partial charge in [0.25, 0.3) is 0 Å². The van der Waals surface area contributed by atoms with Crippen molar-refractivity contribution in [2.45, 2.75) is 33.1 Å². The van der Waals surface area contributed by atoms with Gasteiger partial charge < -0.3 is 19.5 Å². The average molecular weight is 409 g/mol. The Balaban J connectivity index is 1.46. The maximum atomic E-state index is 12.2. The van der Waals surface area contributed by atoms with Crippen LogP contribution in [0, 0.1) is 0 Å². The number of hydrogen-bond donors (Lipinski definition) is 1. The first-order valence-corrected chi connectivity index (χ1v) is 10.2. The summed E-state index contributed by atoms with van der Waals surface area (Å²) in [6.07, 6.45) is 1.57. The minimum absolute atomic E-state index is 0.0273. The van der Waals surface area contributed by atoms with Crippen LogP contribution in [0.15, 0.2) is 53.1 Å². The first-order valence-electron chi connectivity index (χ1n) is 10.2. The van der Waals surface area contributed by atoms with Crippen LogP contribution in [-0.2, 0) is 11.2 Å². The number of ether oxygens (including phenoxy) is 1. The van der Waals surface area contributed by atoms with E-state index >= 15 is 0 Å². The fraction of sp³-hybridized carbons (Fsp3) is 0.348. The molecule has 3 aromatic rings. The van der Waals surface area contributed by atoms with Crippen molar-refractivity contribution in [1.82, 2.24) is 10.1 Å². The van der Waals surface area contributed by atoms with Gasteiger partial charge in [-0.25, -0.2) is 0 Å². The second-order valence-corrected chi connectivity index (χ2v) is 6.86. The molecule has 0 unspecified atom stereocenters. The Labute approximate surface area is 177 Å². The summed E-state index contributed by atoms with van der Waals surface area (Å²) in [6.45, 7) is 6.17. The number of rotatable bonds is 10. The molecule has 1 amide bonds. The van der Waals surface area contributed by atoms with Crippen LogP contribution < -0.4 is 15.0 Å². The molecule has 0 saturated carbocycles. The molecule has 0 aliphatic rings. The Morgan fingerprint density at radius 1 is 1.07 bits per heavy atom. The van der Waals surface area contributed by atoms with Gasteiger partial charge in [0.15, 0.2) is 0 Å². The number of aromatic nitrogens is 2. The maximum absolute atomic E-state index is 12.2. The lowest BCUT2D eigenvalue weighted by Gasteiger charge is -2.21. The van der Waals surface area contributed by atoms with Crippen molar-refractivity contribution in [2.24, 2.45) is 0 Å². The van der Waals surface area contributed by atoms with E-state index in [2.05, 4.69) is 34.2 Å². The van der Waals surface area contributed by atoms with Crippen LogP contribution in [0.25, 0.3) is 11.4 Å². The van der Waals surface area contributed by atoms with Crippen molar-refractivity contribution in [3.05, 3.63) is 54.4 Å². The summed E-state index contributed by atoms with van der Waals surface area (Å²) in [6, 6.07) is 15.4. The smallest absolute Gasteiger partial charge is 0.226 e. The normalized spacial score (nSPS) is 10.6. The van der Waals surface area contributed by atoms with Gasteiger partial charge in [0.2, 0.25) is 17.6 Å². The Kier molecular flexibility index (Phi) is 7.43. The minimum atomic E-state index is -0.0273. The Hall–Kier alpha value is -3.35. The van der Waals surface area contributed by atoms with Crippen LogP contribution in [0.5, 0.6) is 5.75 Å². The molecular formula is C23H28N4O3. The van der Waals surface area contributed by atoms with Crippen LogP contribution >= 0.6 is 0 Å². The quantitative estimate of drug-likeness (QED) is 0.530. The van der Waals surface area contributed by atoms with Gasteiger partial charge in [-0.1, -0.05) is 5.16 Å². The van der Waals surface area contributed by atoms with Crippen LogP contribution in [0.3, 0.4) is 0 Å². The first-order chi connectivity index (χ1) is 14.6. The number of anilines is 2. The number of methoxy groups -OCH3 is 1. The van der Waals surface area contributed by atoms with E-state index in [9.17, 15) is 4.79 Å². The second-order valence-electron chi connectivity index (χ2n) is 6.86. The third kappa shape index (κ3) is 5.59. The fourth-order valence-corrected chi connectivity index (χ4v) is 3.18. The van der Waals surface area contributed by atoms with E-state index in [4.69, 9.17) is 9.26 Å². The Morgan fingerprint density at radius 2 is 1.77 bits per heavy atom. The van der Waals surface area contributed by atoms with Crippen molar-refractivity contribution in [2.75, 3.05) is 30.4 Å². The van der Waals surface area contributed by atoms with Crippen LogP contribution in [0.1, 0.15) is 32.6 Å². The molecule has 3 rings (SSSR count). The van der Waals surface area contributed by atoms with Crippen molar-refractivity contribution in [1.29, 1.82) is 0 Å². The molecular weight excluding hydrogens is 380 g/mol. The lowest BCUT2D eigenvalue weighted by molar-refractivity contribution is -0.116. The summed E-state index contributed by atoms with van der Waals surface area (Å²) in [5, 5.41) is 6.95. The number of amides is 1. The highest BCUT2D eigenvalue weighted by molar-refractivity contribution is 5.90. The highest BCUT2D eigenvalue weighted by Gasteiger charge is 2.10. The molecule has 158 valence electrons. The van der Waals surface area contributed by atoms with E-state index in [1.54, 1.807) is 7.11 Å². The number of benzene rings is 2. The SMILES string of the molecule is CCN(CC)c1ccc(NC(=O)CCCc2nc(-c3ccc(OC)cc3)no2)cc1. The van der Waals surface area contributed by atoms with Crippen molar-refractivity contribution in [3.8, 4) is 17.1 Å². The predicted molar refractivity (Wildman–Crippen MR) is 118 cm³/mol. The van der Waals surface area contributed by atoms with Crippen LogP contribution in [0.2, 0.25) is 0 Å². The molecule has 0 radical (unpaired) electrons. The van der Waals surface area contributed by atoms with Gasteiger partial charge in [0.1, 0.15) is 5.75 Å². The average Bonchev–Trinajstić information content (AvgIpc) is 3.25. The van der Waals surface area contributed by atoms with Gasteiger partial charge in [0, 0.05) is 42.9 Å². The molecule has 0 saturated heterocycles. The molecule has 30 heavy (non-hydrogen) atoms. The number of carbonyl (C=O) groups is 1. The summed E-state index contributed by atoms with van der Waals surface area (Å²) in [5.41, 5.74) is 2.81. The highest BCUT2D eigenvalue weighted by Crippen LogP contribution is 2.21. The monoisotopic (exact) mass is 408 g/mol. The summed E-state index contributed by atoms with van der Waals surface area (Å²) < 4.78 is 10.5. The van der Waals surface area contributed by atoms with Gasteiger partial charge in [-0.05, 0) is 68.8 Å². The minimum Gasteiger partial charge on any atom is -0.497 e. The molecule has 0 aliphatic carbocycles.